The van der Waals surface area contributed by atoms with Gasteiger partial charge in [0.25, 0.3) is 5.91 Å². The number of phenols is 1. The fourth-order valence-corrected chi connectivity index (χ4v) is 2.86. The molecule has 0 aliphatic carbocycles. The van der Waals surface area contributed by atoms with Crippen LogP contribution < -0.4 is 5.32 Å². The third kappa shape index (κ3) is 4.65. The molecule has 0 aliphatic rings. The molecule has 0 heterocycles. The van der Waals surface area contributed by atoms with E-state index in [0.717, 1.165) is 5.56 Å². The van der Waals surface area contributed by atoms with E-state index in [4.69, 9.17) is 0 Å². The van der Waals surface area contributed by atoms with E-state index in [-0.39, 0.29) is 17.2 Å². The molecule has 2 N–H and O–H groups in total. The predicted octanol–water partition coefficient (Wildman–Crippen LogP) is 4.92. The molecule has 0 saturated heterocycles. The summed E-state index contributed by atoms with van der Waals surface area (Å²) in [7, 11) is 0. The smallest absolute Gasteiger partial charge is 0.311 e. The third-order valence-corrected chi connectivity index (χ3v) is 4.31. The van der Waals surface area contributed by atoms with Crippen LogP contribution in [0.1, 0.15) is 27.0 Å². The fourth-order valence-electron chi connectivity index (χ4n) is 2.86. The molecule has 0 bridgehead atoms. The van der Waals surface area contributed by atoms with Crippen molar-refractivity contribution in [1.29, 1.82) is 0 Å². The molecule has 0 spiro atoms. The Balaban J connectivity index is 1.83. The highest BCUT2D eigenvalue weighted by Crippen LogP contribution is 2.30. The number of hydrogen-bond donors (Lipinski definition) is 2. The van der Waals surface area contributed by atoms with Gasteiger partial charge in [-0.1, -0.05) is 24.3 Å². The number of nitrogens with one attached hydrogen (secondary N) is 1. The largest absolute Gasteiger partial charge is 0.502 e. The van der Waals surface area contributed by atoms with Crippen molar-refractivity contribution < 1.29 is 14.8 Å². The van der Waals surface area contributed by atoms with Crippen LogP contribution in [0.5, 0.6) is 5.75 Å². The second kappa shape index (κ2) is 8.35. The van der Waals surface area contributed by atoms with Crippen molar-refractivity contribution in [3.05, 3.63) is 93.0 Å². The summed E-state index contributed by atoms with van der Waals surface area (Å²) in [5.41, 5.74) is 3.05. The van der Waals surface area contributed by atoms with Gasteiger partial charge in [0.2, 0.25) is 5.75 Å². The zero-order chi connectivity index (χ0) is 21.0. The highest BCUT2D eigenvalue weighted by Gasteiger charge is 2.17. The van der Waals surface area contributed by atoms with Gasteiger partial charge in [0.05, 0.1) is 10.6 Å². The van der Waals surface area contributed by atoms with E-state index in [9.17, 15) is 20.0 Å². The Hall–Kier alpha value is -4.00. The zero-order valence-corrected chi connectivity index (χ0v) is 15.9. The second-order valence-corrected chi connectivity index (χ2v) is 6.56. The highest BCUT2D eigenvalue weighted by molar-refractivity contribution is 6.05. The number of carbonyl (C=O) groups excluding carboxylic acids is 1. The Kier molecular flexibility index (Phi) is 5.69. The van der Waals surface area contributed by atoms with Gasteiger partial charge in [0, 0.05) is 29.1 Å². The molecule has 0 aromatic heterocycles. The van der Waals surface area contributed by atoms with Gasteiger partial charge < -0.3 is 10.4 Å². The Morgan fingerprint density at radius 1 is 1.10 bits per heavy atom. The molecule has 7 heteroatoms. The van der Waals surface area contributed by atoms with Crippen LogP contribution in [0.4, 0.5) is 17.1 Å². The molecule has 0 radical (unpaired) electrons. The van der Waals surface area contributed by atoms with Crippen molar-refractivity contribution >= 4 is 29.2 Å². The number of nitro groups is 1. The van der Waals surface area contributed by atoms with Gasteiger partial charge in [0.15, 0.2) is 0 Å². The molecule has 3 aromatic rings. The van der Waals surface area contributed by atoms with Crippen molar-refractivity contribution in [3.8, 4) is 5.75 Å². The summed E-state index contributed by atoms with van der Waals surface area (Å²) in [6.45, 7) is 3.56. The van der Waals surface area contributed by atoms with Gasteiger partial charge in [-0.2, -0.15) is 0 Å². The highest BCUT2D eigenvalue weighted by atomic mass is 16.6. The lowest BCUT2D eigenvalue weighted by Gasteiger charge is -2.08. The Labute approximate surface area is 167 Å². The van der Waals surface area contributed by atoms with Crippen LogP contribution in [0.15, 0.2) is 65.7 Å². The summed E-state index contributed by atoms with van der Waals surface area (Å²) >= 11 is 0. The minimum Gasteiger partial charge on any atom is -0.502 e. The van der Waals surface area contributed by atoms with E-state index in [1.54, 1.807) is 49.4 Å². The molecule has 0 unspecified atom stereocenters. The first-order chi connectivity index (χ1) is 13.8. The molecule has 0 aliphatic heterocycles. The maximum Gasteiger partial charge on any atom is 0.311 e. The van der Waals surface area contributed by atoms with Crippen LogP contribution in [0.2, 0.25) is 0 Å². The number of aromatic hydroxyl groups is 1. The molecule has 1 amide bonds. The maximum absolute atomic E-state index is 12.5. The SMILES string of the molecule is Cc1cc(C=Nc2cccc(NC(=O)c3ccccc3C)c2)c(O)c([N+](=O)[O-])c1. The van der Waals surface area contributed by atoms with Gasteiger partial charge in [0.1, 0.15) is 0 Å². The summed E-state index contributed by atoms with van der Waals surface area (Å²) < 4.78 is 0. The van der Waals surface area contributed by atoms with Crippen LogP contribution in [0.25, 0.3) is 0 Å². The second-order valence-electron chi connectivity index (χ2n) is 6.56. The number of anilines is 1. The molecule has 0 fully saturated rings. The van der Waals surface area contributed by atoms with E-state index < -0.39 is 10.7 Å². The average Bonchev–Trinajstić information content (AvgIpc) is 2.68. The Bertz CT molecular complexity index is 1120. The molecule has 3 rings (SSSR count). The number of amides is 1. The Morgan fingerprint density at radius 2 is 1.86 bits per heavy atom. The molecule has 3 aromatic carbocycles. The van der Waals surface area contributed by atoms with Gasteiger partial charge in [-0.25, -0.2) is 0 Å². The molecule has 29 heavy (non-hydrogen) atoms. The van der Waals surface area contributed by atoms with Crippen molar-refractivity contribution in [3.63, 3.8) is 0 Å². The van der Waals surface area contributed by atoms with Crippen LogP contribution in [0.3, 0.4) is 0 Å². The van der Waals surface area contributed by atoms with Crippen LogP contribution >= 0.6 is 0 Å². The summed E-state index contributed by atoms with van der Waals surface area (Å²) in [6.07, 6.45) is 1.36. The van der Waals surface area contributed by atoms with Crippen LogP contribution in [-0.4, -0.2) is 22.2 Å². The first-order valence-corrected chi connectivity index (χ1v) is 8.84. The first-order valence-electron chi connectivity index (χ1n) is 8.84. The number of hydrogen-bond acceptors (Lipinski definition) is 5. The van der Waals surface area contributed by atoms with E-state index in [2.05, 4.69) is 10.3 Å². The van der Waals surface area contributed by atoms with Gasteiger partial charge >= 0.3 is 5.69 Å². The van der Waals surface area contributed by atoms with Gasteiger partial charge in [-0.05, 0) is 55.3 Å². The molecule has 0 atom stereocenters. The topological polar surface area (TPSA) is 105 Å². The van der Waals surface area contributed by atoms with E-state index in [1.165, 1.54) is 12.3 Å². The number of aliphatic imine (C=N–C) groups is 1. The number of carbonyl (C=O) groups is 1. The van der Waals surface area contributed by atoms with E-state index in [1.807, 2.05) is 19.1 Å². The molecule has 146 valence electrons. The number of benzene rings is 3. The van der Waals surface area contributed by atoms with Crippen LogP contribution in [-0.2, 0) is 0 Å². The number of phenolic OH excluding ortho intramolecular Hbond substituents is 1. The minimum atomic E-state index is -0.638. The molecular weight excluding hydrogens is 370 g/mol. The Morgan fingerprint density at radius 3 is 2.59 bits per heavy atom. The van der Waals surface area contributed by atoms with Crippen molar-refractivity contribution in [1.82, 2.24) is 0 Å². The summed E-state index contributed by atoms with van der Waals surface area (Å²) in [6, 6.07) is 17.1. The number of rotatable bonds is 5. The number of aryl methyl sites for hydroxylation is 2. The maximum atomic E-state index is 12.5. The van der Waals surface area contributed by atoms with Crippen molar-refractivity contribution in [2.24, 2.45) is 4.99 Å². The summed E-state index contributed by atoms with van der Waals surface area (Å²) in [5, 5.41) is 24.0. The molecule has 0 saturated carbocycles. The molecule has 7 nitrogen and oxygen atoms in total. The standard InChI is InChI=1S/C22H19N3O4/c1-14-10-16(21(26)20(11-14)25(28)29)13-23-17-7-5-8-18(12-17)24-22(27)19-9-4-3-6-15(19)2/h3-13,26H,1-2H3,(H,24,27). The van der Waals surface area contributed by atoms with Crippen molar-refractivity contribution in [2.75, 3.05) is 5.32 Å². The molecular formula is C22H19N3O4. The lowest BCUT2D eigenvalue weighted by Crippen LogP contribution is -2.13. The zero-order valence-electron chi connectivity index (χ0n) is 15.9. The normalized spacial score (nSPS) is 10.8. The fraction of sp³-hybridized carbons (Fsp3) is 0.0909. The lowest BCUT2D eigenvalue weighted by atomic mass is 10.1. The quantitative estimate of drug-likeness (QED) is 0.367. The van der Waals surface area contributed by atoms with Gasteiger partial charge in [-0.3, -0.25) is 19.9 Å². The van der Waals surface area contributed by atoms with Crippen LogP contribution in [0, 0.1) is 24.0 Å². The van der Waals surface area contributed by atoms with Gasteiger partial charge in [-0.15, -0.1) is 0 Å². The lowest BCUT2D eigenvalue weighted by molar-refractivity contribution is -0.385. The minimum absolute atomic E-state index is 0.226. The average molecular weight is 389 g/mol. The first kappa shape index (κ1) is 19.8. The summed E-state index contributed by atoms with van der Waals surface area (Å²) in [4.78, 5) is 27.2. The van der Waals surface area contributed by atoms with E-state index >= 15 is 0 Å². The monoisotopic (exact) mass is 389 g/mol. The summed E-state index contributed by atoms with van der Waals surface area (Å²) in [5.74, 6) is -0.662. The number of nitro benzene ring substituents is 1. The van der Waals surface area contributed by atoms with Crippen molar-refractivity contribution in [2.45, 2.75) is 13.8 Å². The van der Waals surface area contributed by atoms with E-state index in [0.29, 0.717) is 22.5 Å². The third-order valence-electron chi connectivity index (χ3n) is 4.31. The predicted molar refractivity (Wildman–Crippen MR) is 112 cm³/mol. The number of nitrogens with zero attached hydrogens (tertiary/aromatic N) is 2.